The molecular weight excluding hydrogens is 613 g/mol. The van der Waals surface area contributed by atoms with Crippen molar-refractivity contribution in [3.05, 3.63) is 84.1 Å². The monoisotopic (exact) mass is 652 g/mol. The molecule has 0 radical (unpaired) electrons. The number of urea groups is 1. The third-order valence-corrected chi connectivity index (χ3v) is 10.6. The molecule has 3 aromatic rings. The molecule has 3 atom stereocenters. The molecule has 2 aromatic carbocycles. The SMILES string of the molecule is Cc1cc(Oc2ccccc2)ccc1N1C(=O)NC2c3c1ccnc3S[C@H]2C(=O)NC1CCCN(C(=O)/C=C/CN2CCCCC2)C1. The molecule has 2 N–H and O–H groups in total. The number of rotatable bonds is 8. The maximum absolute atomic E-state index is 13.7. The Kier molecular flexibility index (Phi) is 9.17. The lowest BCUT2D eigenvalue weighted by atomic mass is 9.98. The summed E-state index contributed by atoms with van der Waals surface area (Å²) in [6.45, 7) is 6.08. The molecular formula is C36H40N6O4S. The molecule has 4 amide bonds. The minimum Gasteiger partial charge on any atom is -0.457 e. The summed E-state index contributed by atoms with van der Waals surface area (Å²) in [6.07, 6.45) is 10.7. The molecule has 1 aromatic heterocycles. The van der Waals surface area contributed by atoms with Gasteiger partial charge in [0.1, 0.15) is 21.8 Å². The number of para-hydroxylation sites is 1. The van der Waals surface area contributed by atoms with Gasteiger partial charge in [-0.2, -0.15) is 0 Å². The van der Waals surface area contributed by atoms with Crippen molar-refractivity contribution in [3.8, 4) is 11.5 Å². The predicted octanol–water partition coefficient (Wildman–Crippen LogP) is 5.71. The summed E-state index contributed by atoms with van der Waals surface area (Å²) in [5.41, 5.74) is 3.16. The number of nitrogens with zero attached hydrogens (tertiary/aromatic N) is 4. The average molecular weight is 653 g/mol. The Balaban J connectivity index is 1.01. The number of carbonyl (C=O) groups excluding carboxylic acids is 3. The largest absolute Gasteiger partial charge is 0.457 e. The van der Waals surface area contributed by atoms with Crippen molar-refractivity contribution in [1.82, 2.24) is 25.4 Å². The molecule has 0 saturated carbocycles. The topological polar surface area (TPSA) is 107 Å². The molecule has 4 aliphatic heterocycles. The highest BCUT2D eigenvalue weighted by atomic mass is 32.2. The molecule has 5 heterocycles. The van der Waals surface area contributed by atoms with Gasteiger partial charge < -0.3 is 20.3 Å². The molecule has 11 heteroatoms. The van der Waals surface area contributed by atoms with Gasteiger partial charge in [-0.1, -0.05) is 42.5 Å². The zero-order chi connectivity index (χ0) is 32.3. The Bertz CT molecular complexity index is 1680. The predicted molar refractivity (Wildman–Crippen MR) is 182 cm³/mol. The minimum atomic E-state index is -0.567. The molecule has 4 aliphatic rings. The molecule has 2 unspecified atom stereocenters. The van der Waals surface area contributed by atoms with Crippen molar-refractivity contribution >= 4 is 41.0 Å². The number of piperidine rings is 2. The second-order valence-electron chi connectivity index (χ2n) is 12.6. The summed E-state index contributed by atoms with van der Waals surface area (Å²) < 4.78 is 6.00. The van der Waals surface area contributed by atoms with Crippen LogP contribution in [0.15, 0.2) is 78.0 Å². The van der Waals surface area contributed by atoms with Crippen LogP contribution in [0.1, 0.15) is 49.3 Å². The smallest absolute Gasteiger partial charge is 0.327 e. The first-order valence-electron chi connectivity index (χ1n) is 16.5. The van der Waals surface area contributed by atoms with Crippen molar-refractivity contribution in [2.75, 3.05) is 37.6 Å². The van der Waals surface area contributed by atoms with E-state index in [9.17, 15) is 14.4 Å². The number of likely N-dealkylation sites (tertiary alicyclic amines) is 2. The van der Waals surface area contributed by atoms with Gasteiger partial charge >= 0.3 is 6.03 Å². The van der Waals surface area contributed by atoms with Crippen LogP contribution in [0.3, 0.4) is 0 Å². The molecule has 7 rings (SSSR count). The first kappa shape index (κ1) is 31.3. The van der Waals surface area contributed by atoms with E-state index in [0.717, 1.165) is 65.8 Å². The third kappa shape index (κ3) is 6.73. The van der Waals surface area contributed by atoms with Gasteiger partial charge in [0.25, 0.3) is 0 Å². The normalized spacial score (nSPS) is 22.6. The van der Waals surface area contributed by atoms with Crippen LogP contribution in [0.2, 0.25) is 0 Å². The van der Waals surface area contributed by atoms with E-state index in [4.69, 9.17) is 4.74 Å². The summed E-state index contributed by atoms with van der Waals surface area (Å²) >= 11 is 1.38. The lowest BCUT2D eigenvalue weighted by Gasteiger charge is -2.36. The Morgan fingerprint density at radius 1 is 1.02 bits per heavy atom. The van der Waals surface area contributed by atoms with Crippen LogP contribution in [0.4, 0.5) is 16.2 Å². The Hall–Kier alpha value is -4.35. The van der Waals surface area contributed by atoms with Crippen LogP contribution in [0, 0.1) is 6.92 Å². The molecule has 0 spiro atoms. The number of anilines is 2. The van der Waals surface area contributed by atoms with Crippen molar-refractivity contribution < 1.29 is 19.1 Å². The minimum absolute atomic E-state index is 0.00737. The fourth-order valence-corrected chi connectivity index (χ4v) is 8.20. The first-order valence-corrected chi connectivity index (χ1v) is 17.4. The lowest BCUT2D eigenvalue weighted by Crippen LogP contribution is -2.53. The van der Waals surface area contributed by atoms with Crippen molar-refractivity contribution in [3.63, 3.8) is 0 Å². The second-order valence-corrected chi connectivity index (χ2v) is 13.7. The van der Waals surface area contributed by atoms with E-state index in [-0.39, 0.29) is 23.9 Å². The number of thioether (sulfide) groups is 1. The average Bonchev–Trinajstić information content (AvgIpc) is 3.46. The first-order chi connectivity index (χ1) is 22.9. The van der Waals surface area contributed by atoms with Crippen LogP contribution >= 0.6 is 11.8 Å². The summed E-state index contributed by atoms with van der Waals surface area (Å²) in [4.78, 5) is 50.9. The summed E-state index contributed by atoms with van der Waals surface area (Å²) in [7, 11) is 0. The lowest BCUT2D eigenvalue weighted by molar-refractivity contribution is -0.129. The molecule has 47 heavy (non-hydrogen) atoms. The van der Waals surface area contributed by atoms with E-state index in [0.29, 0.717) is 18.8 Å². The van der Waals surface area contributed by atoms with Gasteiger partial charge in [0.2, 0.25) is 11.8 Å². The maximum atomic E-state index is 13.7. The van der Waals surface area contributed by atoms with Gasteiger partial charge in [-0.05, 0) is 87.7 Å². The number of ether oxygens (including phenoxy) is 1. The number of aryl methyl sites for hydroxylation is 1. The van der Waals surface area contributed by atoms with Crippen LogP contribution < -0.4 is 20.3 Å². The van der Waals surface area contributed by atoms with Crippen molar-refractivity contribution in [1.29, 1.82) is 0 Å². The number of pyridine rings is 1. The highest BCUT2D eigenvalue weighted by molar-refractivity contribution is 8.01. The fourth-order valence-electron chi connectivity index (χ4n) is 6.96. The van der Waals surface area contributed by atoms with E-state index in [1.807, 2.05) is 72.5 Å². The number of benzene rings is 2. The maximum Gasteiger partial charge on any atom is 0.327 e. The van der Waals surface area contributed by atoms with Crippen LogP contribution in [-0.4, -0.2) is 76.6 Å². The van der Waals surface area contributed by atoms with Crippen LogP contribution in [0.5, 0.6) is 11.5 Å². The number of carbonyl (C=O) groups is 3. The number of nitrogens with one attached hydrogen (secondary N) is 2. The number of aromatic nitrogens is 1. The molecule has 0 aliphatic carbocycles. The summed E-state index contributed by atoms with van der Waals surface area (Å²) in [5.74, 6) is 1.25. The van der Waals surface area contributed by atoms with Gasteiger partial charge in [0.05, 0.1) is 17.4 Å². The van der Waals surface area contributed by atoms with Gasteiger partial charge in [0, 0.05) is 43.5 Å². The molecule has 2 fully saturated rings. The zero-order valence-corrected chi connectivity index (χ0v) is 27.4. The van der Waals surface area contributed by atoms with Crippen molar-refractivity contribution in [2.24, 2.45) is 0 Å². The van der Waals surface area contributed by atoms with Crippen molar-refractivity contribution in [2.45, 2.75) is 61.4 Å². The highest BCUT2D eigenvalue weighted by Gasteiger charge is 2.47. The Morgan fingerprint density at radius 3 is 2.66 bits per heavy atom. The third-order valence-electron chi connectivity index (χ3n) is 9.30. The second kappa shape index (κ2) is 13.8. The van der Waals surface area contributed by atoms with E-state index in [2.05, 4.69) is 20.5 Å². The molecule has 10 nitrogen and oxygen atoms in total. The Labute approximate surface area is 279 Å². The van der Waals surface area contributed by atoms with Gasteiger partial charge in [0.15, 0.2) is 0 Å². The van der Waals surface area contributed by atoms with Gasteiger partial charge in [-0.25, -0.2) is 9.78 Å². The fraction of sp³-hybridized carbons (Fsp3) is 0.389. The highest BCUT2D eigenvalue weighted by Crippen LogP contribution is 2.51. The van der Waals surface area contributed by atoms with Crippen LogP contribution in [0.25, 0.3) is 0 Å². The standard InChI is InChI=1S/C36H40N6O4S/c1-24-22-27(46-26-11-4-2-5-12-26)14-15-28(24)42-29-16-17-37-35-31(29)32(39-36(42)45)33(47-35)34(44)38-25-10-8-21-41(23-25)30(43)13-9-20-40-18-6-3-7-19-40/h2,4-5,9,11-17,22,25,32-33H,3,6-8,10,18-21,23H2,1H3,(H,38,44)(H,39,45)/b13-9+/t25?,32?,33-/m1/s1. The number of hydrogen-bond acceptors (Lipinski definition) is 7. The van der Waals surface area contributed by atoms with E-state index in [1.165, 1.54) is 31.0 Å². The number of amides is 4. The van der Waals surface area contributed by atoms with E-state index >= 15 is 0 Å². The van der Waals surface area contributed by atoms with E-state index < -0.39 is 11.3 Å². The molecule has 0 bridgehead atoms. The number of hydrogen-bond donors (Lipinski definition) is 2. The molecule has 244 valence electrons. The van der Waals surface area contributed by atoms with E-state index in [1.54, 1.807) is 17.2 Å². The van der Waals surface area contributed by atoms with Gasteiger partial charge in [-0.15, -0.1) is 0 Å². The van der Waals surface area contributed by atoms with Gasteiger partial charge in [-0.3, -0.25) is 19.4 Å². The summed E-state index contributed by atoms with van der Waals surface area (Å²) in [6, 6.07) is 16.1. The molecule has 2 saturated heterocycles. The summed E-state index contributed by atoms with van der Waals surface area (Å²) in [5, 5.41) is 6.47. The zero-order valence-electron chi connectivity index (χ0n) is 26.6. The van der Waals surface area contributed by atoms with Crippen LogP contribution in [-0.2, 0) is 9.59 Å². The quantitative estimate of drug-likeness (QED) is 0.301. The Morgan fingerprint density at radius 2 is 1.85 bits per heavy atom.